The number of unbranched alkanes of at least 4 members (excludes halogenated alkanes) is 20. The Balaban J connectivity index is 3.01. The van der Waals surface area contributed by atoms with Gasteiger partial charge < -0.3 is 4.48 Å². The molecule has 0 aromatic carbocycles. The van der Waals surface area contributed by atoms with Crippen molar-refractivity contribution in [2.24, 2.45) is 0 Å². The van der Waals surface area contributed by atoms with Crippen molar-refractivity contribution in [1.29, 1.82) is 0 Å². The SMILES string of the molecule is CCCCCCCCCCCCCCCCCCCCCCC[N+](C)(C)C. The topological polar surface area (TPSA) is 0 Å². The van der Waals surface area contributed by atoms with Crippen LogP contribution >= 0.6 is 0 Å². The minimum Gasteiger partial charge on any atom is -0.331 e. The van der Waals surface area contributed by atoms with Crippen LogP contribution in [0.4, 0.5) is 0 Å². The second kappa shape index (κ2) is 20.7. The Morgan fingerprint density at radius 3 is 0.778 bits per heavy atom. The lowest BCUT2D eigenvalue weighted by atomic mass is 10.0. The van der Waals surface area contributed by atoms with Crippen molar-refractivity contribution in [2.45, 2.75) is 142 Å². The van der Waals surface area contributed by atoms with Gasteiger partial charge in [0.25, 0.3) is 0 Å². The molecule has 0 aromatic heterocycles. The van der Waals surface area contributed by atoms with Gasteiger partial charge in [-0.1, -0.05) is 129 Å². The first kappa shape index (κ1) is 27.0. The fraction of sp³-hybridized carbons (Fsp3) is 1.00. The van der Waals surface area contributed by atoms with E-state index in [0.29, 0.717) is 0 Å². The lowest BCUT2D eigenvalue weighted by Gasteiger charge is -2.23. The molecular weight excluding hydrogens is 326 g/mol. The highest BCUT2D eigenvalue weighted by Crippen LogP contribution is 2.15. The molecular formula is C26H56N+. The molecule has 0 fully saturated rings. The first-order chi connectivity index (χ1) is 13.1. The zero-order valence-corrected chi connectivity index (χ0v) is 20.0. The summed E-state index contributed by atoms with van der Waals surface area (Å²) in [5, 5.41) is 0. The van der Waals surface area contributed by atoms with Crippen LogP contribution in [0.25, 0.3) is 0 Å². The monoisotopic (exact) mass is 382 g/mol. The molecule has 1 heteroatoms. The van der Waals surface area contributed by atoms with Gasteiger partial charge in [-0.15, -0.1) is 0 Å². The highest BCUT2D eigenvalue weighted by atomic mass is 15.3. The predicted octanol–water partition coefficient (Wildman–Crippen LogP) is 8.90. The maximum absolute atomic E-state index is 2.30. The molecule has 0 amide bonds. The molecule has 0 aliphatic carbocycles. The summed E-state index contributed by atoms with van der Waals surface area (Å²) in [5.74, 6) is 0. The smallest absolute Gasteiger partial charge is 0.0780 e. The van der Waals surface area contributed by atoms with E-state index in [1.165, 1.54) is 141 Å². The van der Waals surface area contributed by atoms with E-state index in [1.807, 2.05) is 0 Å². The summed E-state index contributed by atoms with van der Waals surface area (Å²) in [6.45, 7) is 3.63. The van der Waals surface area contributed by atoms with E-state index in [0.717, 1.165) is 4.48 Å². The second-order valence-electron chi connectivity index (χ2n) is 10.1. The lowest BCUT2D eigenvalue weighted by molar-refractivity contribution is -0.870. The Kier molecular flexibility index (Phi) is 20.7. The summed E-state index contributed by atoms with van der Waals surface area (Å²) in [6.07, 6.45) is 30.8. The standard InChI is InChI=1S/C26H56N/c1-5-6-7-8-9-10-11-12-13-14-15-16-17-18-19-20-21-22-23-24-25-26-27(2,3)4/h5-26H2,1-4H3/q+1. The molecule has 0 saturated heterocycles. The Morgan fingerprint density at radius 2 is 0.556 bits per heavy atom. The van der Waals surface area contributed by atoms with Crippen molar-refractivity contribution in [2.75, 3.05) is 27.7 Å². The van der Waals surface area contributed by atoms with E-state index in [4.69, 9.17) is 0 Å². The summed E-state index contributed by atoms with van der Waals surface area (Å²) in [6, 6.07) is 0. The molecule has 0 aromatic rings. The van der Waals surface area contributed by atoms with Gasteiger partial charge in [0.1, 0.15) is 0 Å². The molecule has 164 valence electrons. The second-order valence-corrected chi connectivity index (χ2v) is 10.1. The van der Waals surface area contributed by atoms with Crippen LogP contribution in [0.1, 0.15) is 142 Å². The van der Waals surface area contributed by atoms with Crippen molar-refractivity contribution in [3.05, 3.63) is 0 Å². The molecule has 0 bridgehead atoms. The minimum absolute atomic E-state index is 1.12. The molecule has 0 spiro atoms. The van der Waals surface area contributed by atoms with Gasteiger partial charge in [0.2, 0.25) is 0 Å². The molecule has 0 atom stereocenters. The van der Waals surface area contributed by atoms with E-state index in [2.05, 4.69) is 28.1 Å². The lowest BCUT2D eigenvalue weighted by Crippen LogP contribution is -2.35. The third kappa shape index (κ3) is 26.0. The van der Waals surface area contributed by atoms with Gasteiger partial charge in [-0.25, -0.2) is 0 Å². The first-order valence-corrected chi connectivity index (χ1v) is 12.9. The maximum atomic E-state index is 2.30. The Labute approximate surface area is 174 Å². The molecule has 0 aliphatic rings. The quantitative estimate of drug-likeness (QED) is 0.129. The highest BCUT2D eigenvalue weighted by Gasteiger charge is 2.04. The Morgan fingerprint density at radius 1 is 0.333 bits per heavy atom. The molecule has 1 nitrogen and oxygen atoms in total. The van der Waals surface area contributed by atoms with Gasteiger partial charge in [-0.2, -0.15) is 0 Å². The predicted molar refractivity (Wildman–Crippen MR) is 126 cm³/mol. The van der Waals surface area contributed by atoms with Crippen LogP contribution in [0.15, 0.2) is 0 Å². The molecule has 0 aliphatic heterocycles. The third-order valence-corrected chi connectivity index (χ3v) is 5.93. The van der Waals surface area contributed by atoms with Crippen molar-refractivity contribution >= 4 is 0 Å². The number of nitrogens with zero attached hydrogens (tertiary/aromatic N) is 1. The molecule has 27 heavy (non-hydrogen) atoms. The van der Waals surface area contributed by atoms with E-state index in [9.17, 15) is 0 Å². The summed E-state index contributed by atoms with van der Waals surface area (Å²) >= 11 is 0. The van der Waals surface area contributed by atoms with Crippen LogP contribution in [0, 0.1) is 0 Å². The van der Waals surface area contributed by atoms with Crippen molar-refractivity contribution in [3.8, 4) is 0 Å². The van der Waals surface area contributed by atoms with E-state index in [-0.39, 0.29) is 0 Å². The van der Waals surface area contributed by atoms with Crippen LogP contribution in [0.2, 0.25) is 0 Å². The summed E-state index contributed by atoms with van der Waals surface area (Å²) < 4.78 is 1.12. The maximum Gasteiger partial charge on any atom is 0.0780 e. The average molecular weight is 383 g/mol. The van der Waals surface area contributed by atoms with Gasteiger partial charge in [-0.05, 0) is 12.8 Å². The van der Waals surface area contributed by atoms with Gasteiger partial charge in [0, 0.05) is 0 Å². The Bertz CT molecular complexity index is 266. The number of hydrogen-bond acceptors (Lipinski definition) is 0. The molecule has 0 N–H and O–H groups in total. The van der Waals surface area contributed by atoms with Gasteiger partial charge in [0.15, 0.2) is 0 Å². The van der Waals surface area contributed by atoms with Crippen LogP contribution in [-0.2, 0) is 0 Å². The fourth-order valence-electron chi connectivity index (χ4n) is 4.02. The molecule has 0 saturated carbocycles. The molecule has 0 radical (unpaired) electrons. The summed E-state index contributed by atoms with van der Waals surface area (Å²) in [4.78, 5) is 0. The van der Waals surface area contributed by atoms with Crippen LogP contribution < -0.4 is 0 Å². The average Bonchev–Trinajstić information content (AvgIpc) is 2.62. The van der Waals surface area contributed by atoms with Gasteiger partial charge >= 0.3 is 0 Å². The highest BCUT2D eigenvalue weighted by molar-refractivity contribution is 4.51. The molecule has 0 heterocycles. The first-order valence-electron chi connectivity index (χ1n) is 12.9. The van der Waals surface area contributed by atoms with E-state index < -0.39 is 0 Å². The van der Waals surface area contributed by atoms with Crippen molar-refractivity contribution in [3.63, 3.8) is 0 Å². The Hall–Kier alpha value is -0.0400. The zero-order valence-electron chi connectivity index (χ0n) is 20.0. The fourth-order valence-corrected chi connectivity index (χ4v) is 4.02. The summed E-state index contributed by atoms with van der Waals surface area (Å²) in [7, 11) is 6.91. The van der Waals surface area contributed by atoms with Crippen molar-refractivity contribution < 1.29 is 4.48 Å². The van der Waals surface area contributed by atoms with Gasteiger partial charge in [-0.3, -0.25) is 0 Å². The normalized spacial score (nSPS) is 12.0. The summed E-state index contributed by atoms with van der Waals surface area (Å²) in [5.41, 5.74) is 0. The van der Waals surface area contributed by atoms with Crippen LogP contribution in [0.3, 0.4) is 0 Å². The number of rotatable bonds is 22. The van der Waals surface area contributed by atoms with Crippen molar-refractivity contribution in [1.82, 2.24) is 0 Å². The molecule has 0 unspecified atom stereocenters. The largest absolute Gasteiger partial charge is 0.331 e. The van der Waals surface area contributed by atoms with Crippen LogP contribution in [-0.4, -0.2) is 32.2 Å². The minimum atomic E-state index is 1.12. The third-order valence-electron chi connectivity index (χ3n) is 5.93. The van der Waals surface area contributed by atoms with E-state index in [1.54, 1.807) is 0 Å². The number of quaternary nitrogens is 1. The van der Waals surface area contributed by atoms with E-state index >= 15 is 0 Å². The van der Waals surface area contributed by atoms with Gasteiger partial charge in [0.05, 0.1) is 27.7 Å². The van der Waals surface area contributed by atoms with Crippen LogP contribution in [0.5, 0.6) is 0 Å². The number of hydrogen-bond donors (Lipinski definition) is 0. The zero-order chi connectivity index (χ0) is 20.1. The molecule has 0 rings (SSSR count).